The van der Waals surface area contributed by atoms with E-state index in [-0.39, 0.29) is 11.9 Å². The Labute approximate surface area is 183 Å². The van der Waals surface area contributed by atoms with Crippen molar-refractivity contribution in [1.82, 2.24) is 19.7 Å². The number of nitriles is 1. The van der Waals surface area contributed by atoms with Crippen LogP contribution in [-0.2, 0) is 16.6 Å². The van der Waals surface area contributed by atoms with Crippen molar-refractivity contribution in [3.63, 3.8) is 0 Å². The number of piperazine rings is 1. The lowest BCUT2D eigenvalue weighted by Gasteiger charge is -2.41. The molecule has 3 heterocycles. The Kier molecular flexibility index (Phi) is 5.96. The number of rotatable bonds is 6. The van der Waals surface area contributed by atoms with Gasteiger partial charge in [0.2, 0.25) is 5.91 Å². The molecule has 0 aromatic carbocycles. The molecule has 8 heteroatoms. The molecule has 0 radical (unpaired) electrons. The molecule has 164 valence electrons. The zero-order chi connectivity index (χ0) is 22.1. The summed E-state index contributed by atoms with van der Waals surface area (Å²) in [5.41, 5.74) is 4.73. The Morgan fingerprint density at radius 3 is 2.71 bits per heavy atom. The highest BCUT2D eigenvalue weighted by Gasteiger charge is 2.34. The molecule has 8 nitrogen and oxygen atoms in total. The van der Waals surface area contributed by atoms with Crippen molar-refractivity contribution in [3.05, 3.63) is 29.2 Å². The first kappa shape index (κ1) is 21.3. The summed E-state index contributed by atoms with van der Waals surface area (Å²) in [5.74, 6) is 1.31. The number of ether oxygens (including phenoxy) is 1. The van der Waals surface area contributed by atoms with Crippen LogP contribution in [0.1, 0.15) is 48.9 Å². The molecule has 0 bridgehead atoms. The molecule has 0 spiro atoms. The minimum absolute atomic E-state index is 0.0501. The summed E-state index contributed by atoms with van der Waals surface area (Å²) in [6, 6.07) is 2.46. The molecule has 1 unspecified atom stereocenters. The standard InChI is InChI=1S/C23H30N6O2/c1-15-13-28(8-9-29(15)20(30)7-10-31-4)23-19(11-24)16(2)21(18-12-25-27(3)14-18)22(26-23)17-5-6-17/h12,14-15,17H,5-10,13H2,1-4H3. The molecule has 4 rings (SSSR count). The lowest BCUT2D eigenvalue weighted by Crippen LogP contribution is -2.54. The number of methoxy groups -OCH3 is 1. The number of hydrogen-bond donors (Lipinski definition) is 0. The molecule has 2 aromatic heterocycles. The first-order valence-corrected chi connectivity index (χ1v) is 10.9. The van der Waals surface area contributed by atoms with E-state index in [2.05, 4.69) is 23.0 Å². The lowest BCUT2D eigenvalue weighted by atomic mass is 9.95. The van der Waals surface area contributed by atoms with Crippen LogP contribution in [0.4, 0.5) is 5.82 Å². The minimum atomic E-state index is 0.0501. The summed E-state index contributed by atoms with van der Waals surface area (Å²) < 4.78 is 6.84. The van der Waals surface area contributed by atoms with Crippen LogP contribution in [0, 0.1) is 18.3 Å². The van der Waals surface area contributed by atoms with Crippen molar-refractivity contribution in [3.8, 4) is 17.2 Å². The average molecular weight is 423 g/mol. The zero-order valence-corrected chi connectivity index (χ0v) is 18.8. The summed E-state index contributed by atoms with van der Waals surface area (Å²) >= 11 is 0. The second-order valence-corrected chi connectivity index (χ2v) is 8.61. The maximum atomic E-state index is 12.5. The van der Waals surface area contributed by atoms with E-state index < -0.39 is 0 Å². The number of amides is 1. The number of nitrogens with zero attached hydrogens (tertiary/aromatic N) is 6. The highest BCUT2D eigenvalue weighted by molar-refractivity contribution is 5.78. The van der Waals surface area contributed by atoms with Gasteiger partial charge < -0.3 is 14.5 Å². The smallest absolute Gasteiger partial charge is 0.225 e. The van der Waals surface area contributed by atoms with Gasteiger partial charge in [0.05, 0.1) is 30.5 Å². The predicted octanol–water partition coefficient (Wildman–Crippen LogP) is 2.61. The molecule has 1 atom stereocenters. The van der Waals surface area contributed by atoms with Crippen LogP contribution >= 0.6 is 0 Å². The monoisotopic (exact) mass is 422 g/mol. The summed E-state index contributed by atoms with van der Waals surface area (Å²) in [7, 11) is 3.51. The Morgan fingerprint density at radius 2 is 2.13 bits per heavy atom. The third-order valence-corrected chi connectivity index (χ3v) is 6.29. The number of aryl methyl sites for hydroxylation is 1. The van der Waals surface area contributed by atoms with Gasteiger partial charge in [0.1, 0.15) is 11.9 Å². The van der Waals surface area contributed by atoms with E-state index in [0.29, 0.717) is 44.1 Å². The fourth-order valence-electron chi connectivity index (χ4n) is 4.49. The molecule has 31 heavy (non-hydrogen) atoms. The van der Waals surface area contributed by atoms with Gasteiger partial charge in [-0.05, 0) is 32.3 Å². The molecular formula is C23H30N6O2. The van der Waals surface area contributed by atoms with Crippen molar-refractivity contribution in [2.24, 2.45) is 7.05 Å². The predicted molar refractivity (Wildman–Crippen MR) is 118 cm³/mol. The van der Waals surface area contributed by atoms with Crippen LogP contribution in [0.5, 0.6) is 0 Å². The van der Waals surface area contributed by atoms with E-state index in [9.17, 15) is 10.1 Å². The number of carbonyl (C=O) groups is 1. The van der Waals surface area contributed by atoms with Gasteiger partial charge in [-0.3, -0.25) is 9.48 Å². The van der Waals surface area contributed by atoms with Gasteiger partial charge in [-0.1, -0.05) is 0 Å². The van der Waals surface area contributed by atoms with Gasteiger partial charge in [0.25, 0.3) is 0 Å². The van der Waals surface area contributed by atoms with Crippen molar-refractivity contribution < 1.29 is 9.53 Å². The van der Waals surface area contributed by atoms with Crippen molar-refractivity contribution in [2.75, 3.05) is 38.3 Å². The first-order chi connectivity index (χ1) is 14.9. The normalized spacial score (nSPS) is 18.9. The van der Waals surface area contributed by atoms with E-state index >= 15 is 0 Å². The molecule has 1 amide bonds. The van der Waals surface area contributed by atoms with E-state index in [0.717, 1.165) is 41.0 Å². The Balaban J connectivity index is 1.67. The van der Waals surface area contributed by atoms with Gasteiger partial charge >= 0.3 is 0 Å². The van der Waals surface area contributed by atoms with Crippen LogP contribution in [-0.4, -0.2) is 65.0 Å². The second kappa shape index (κ2) is 8.67. The highest BCUT2D eigenvalue weighted by atomic mass is 16.5. The summed E-state index contributed by atoms with van der Waals surface area (Å²) in [4.78, 5) is 21.7. The van der Waals surface area contributed by atoms with E-state index in [1.807, 2.05) is 31.3 Å². The van der Waals surface area contributed by atoms with E-state index in [1.165, 1.54) is 0 Å². The Hall–Kier alpha value is -2.92. The third-order valence-electron chi connectivity index (χ3n) is 6.29. The summed E-state index contributed by atoms with van der Waals surface area (Å²) in [6.07, 6.45) is 6.49. The van der Waals surface area contributed by atoms with Gasteiger partial charge in [-0.15, -0.1) is 0 Å². The topological polar surface area (TPSA) is 87.3 Å². The SMILES string of the molecule is COCCC(=O)N1CCN(c2nc(C3CC3)c(-c3cnn(C)c3)c(C)c2C#N)CC1C. The van der Waals surface area contributed by atoms with Crippen LogP contribution in [0.25, 0.3) is 11.1 Å². The molecule has 2 fully saturated rings. The molecule has 1 saturated heterocycles. The number of hydrogen-bond acceptors (Lipinski definition) is 6. The molecule has 0 N–H and O–H groups in total. The van der Waals surface area contributed by atoms with Crippen LogP contribution in [0.3, 0.4) is 0 Å². The van der Waals surface area contributed by atoms with Crippen molar-refractivity contribution >= 4 is 11.7 Å². The molecule has 2 aromatic rings. The van der Waals surface area contributed by atoms with Crippen LogP contribution < -0.4 is 4.90 Å². The second-order valence-electron chi connectivity index (χ2n) is 8.61. The number of pyridine rings is 1. The quantitative estimate of drug-likeness (QED) is 0.711. The van der Waals surface area contributed by atoms with Crippen LogP contribution in [0.2, 0.25) is 0 Å². The fraction of sp³-hybridized carbons (Fsp3) is 0.565. The number of aromatic nitrogens is 3. The van der Waals surface area contributed by atoms with E-state index in [1.54, 1.807) is 11.8 Å². The van der Waals surface area contributed by atoms with Crippen molar-refractivity contribution in [1.29, 1.82) is 5.26 Å². The van der Waals surface area contributed by atoms with E-state index in [4.69, 9.17) is 9.72 Å². The maximum Gasteiger partial charge on any atom is 0.225 e. The number of anilines is 1. The summed E-state index contributed by atoms with van der Waals surface area (Å²) in [6.45, 7) is 6.47. The molecule has 1 aliphatic carbocycles. The lowest BCUT2D eigenvalue weighted by molar-refractivity contribution is -0.134. The first-order valence-electron chi connectivity index (χ1n) is 10.9. The zero-order valence-electron chi connectivity index (χ0n) is 18.8. The van der Waals surface area contributed by atoms with Gasteiger partial charge in [0, 0.05) is 63.1 Å². The Bertz CT molecular complexity index is 1020. The van der Waals surface area contributed by atoms with Gasteiger partial charge in [-0.25, -0.2) is 4.98 Å². The minimum Gasteiger partial charge on any atom is -0.384 e. The van der Waals surface area contributed by atoms with Gasteiger partial charge in [-0.2, -0.15) is 10.4 Å². The third kappa shape index (κ3) is 4.15. The number of carbonyl (C=O) groups excluding carboxylic acids is 1. The summed E-state index contributed by atoms with van der Waals surface area (Å²) in [5, 5.41) is 14.4. The van der Waals surface area contributed by atoms with Crippen LogP contribution in [0.15, 0.2) is 12.4 Å². The maximum absolute atomic E-state index is 12.5. The molecule has 1 saturated carbocycles. The Morgan fingerprint density at radius 1 is 1.35 bits per heavy atom. The average Bonchev–Trinajstić information content (AvgIpc) is 3.52. The molecule has 1 aliphatic heterocycles. The molecular weight excluding hydrogens is 392 g/mol. The fourth-order valence-corrected chi connectivity index (χ4v) is 4.49. The molecule has 2 aliphatic rings. The van der Waals surface area contributed by atoms with Gasteiger partial charge in [0.15, 0.2) is 0 Å². The highest BCUT2D eigenvalue weighted by Crippen LogP contribution is 2.46. The van der Waals surface area contributed by atoms with Crippen molar-refractivity contribution in [2.45, 2.75) is 45.1 Å². The largest absolute Gasteiger partial charge is 0.384 e.